The highest BCUT2D eigenvalue weighted by Crippen LogP contribution is 2.32. The number of nitrogens with zero attached hydrogens (tertiary/aromatic N) is 2. The van der Waals surface area contributed by atoms with Crippen LogP contribution in [0.15, 0.2) is 65.8 Å². The molecule has 120 valence electrons. The lowest BCUT2D eigenvalue weighted by molar-refractivity contribution is 0.423. The molecule has 1 aliphatic rings. The van der Waals surface area contributed by atoms with Gasteiger partial charge in [-0.25, -0.2) is 0 Å². The summed E-state index contributed by atoms with van der Waals surface area (Å²) in [6, 6.07) is 19.1. The summed E-state index contributed by atoms with van der Waals surface area (Å²) in [4.78, 5) is 9.84. The van der Waals surface area contributed by atoms with Crippen LogP contribution in [-0.2, 0) is 6.42 Å². The Kier molecular flexibility index (Phi) is 3.68. The highest BCUT2D eigenvalue weighted by molar-refractivity contribution is 6.15. The molecule has 0 amide bonds. The van der Waals surface area contributed by atoms with E-state index in [1.165, 1.54) is 11.1 Å². The first-order valence-corrected chi connectivity index (χ1v) is 8.72. The van der Waals surface area contributed by atoms with Gasteiger partial charge in [0.1, 0.15) is 0 Å². The number of aromatic nitrogens is 1. The van der Waals surface area contributed by atoms with E-state index in [0.29, 0.717) is 0 Å². The molecule has 0 bridgehead atoms. The molecule has 1 aromatic heterocycles. The van der Waals surface area contributed by atoms with E-state index in [1.54, 1.807) is 0 Å². The Morgan fingerprint density at radius 2 is 1.83 bits per heavy atom. The lowest BCUT2D eigenvalue weighted by Gasteiger charge is -2.32. The van der Waals surface area contributed by atoms with Gasteiger partial charge in [-0.2, -0.15) is 0 Å². The van der Waals surface area contributed by atoms with Gasteiger partial charge in [-0.15, -0.1) is 0 Å². The average molecular weight is 314 g/mol. The monoisotopic (exact) mass is 314 g/mol. The molecule has 0 radical (unpaired) electrons. The van der Waals surface area contributed by atoms with Crippen LogP contribution in [-0.4, -0.2) is 16.2 Å². The number of aliphatic imine (C=N–C) groups is 1. The Labute approximate surface area is 143 Å². The normalized spacial score (nSPS) is 19.8. The van der Waals surface area contributed by atoms with Gasteiger partial charge in [-0.3, -0.25) is 9.98 Å². The van der Waals surface area contributed by atoms with Crippen molar-refractivity contribution in [2.75, 3.05) is 0 Å². The van der Waals surface area contributed by atoms with Crippen LogP contribution >= 0.6 is 0 Å². The zero-order valence-electron chi connectivity index (χ0n) is 14.3. The first-order valence-electron chi connectivity index (χ1n) is 8.72. The van der Waals surface area contributed by atoms with Gasteiger partial charge in [0, 0.05) is 22.7 Å². The van der Waals surface area contributed by atoms with E-state index in [0.717, 1.165) is 41.4 Å². The van der Waals surface area contributed by atoms with Crippen LogP contribution in [0.5, 0.6) is 0 Å². The second-order valence-corrected chi connectivity index (χ2v) is 6.96. The zero-order chi connectivity index (χ0) is 16.6. The molecule has 0 spiro atoms. The van der Waals surface area contributed by atoms with Gasteiger partial charge in [0.15, 0.2) is 0 Å². The minimum absolute atomic E-state index is 0.0237. The van der Waals surface area contributed by atoms with Crippen LogP contribution in [0.3, 0.4) is 0 Å². The molecule has 24 heavy (non-hydrogen) atoms. The minimum atomic E-state index is -0.0237. The van der Waals surface area contributed by atoms with Crippen LogP contribution in [0.25, 0.3) is 10.9 Å². The Bertz CT molecular complexity index is 926. The van der Waals surface area contributed by atoms with E-state index >= 15 is 0 Å². The second kappa shape index (κ2) is 5.86. The number of hydrogen-bond acceptors (Lipinski definition) is 2. The van der Waals surface area contributed by atoms with Gasteiger partial charge in [0.05, 0.1) is 16.8 Å². The Hall–Kier alpha value is -2.48. The predicted octanol–water partition coefficient (Wildman–Crippen LogP) is 5.19. The molecule has 0 saturated carbocycles. The van der Waals surface area contributed by atoms with Crippen molar-refractivity contribution in [2.45, 2.75) is 38.6 Å². The first-order chi connectivity index (χ1) is 11.7. The van der Waals surface area contributed by atoms with Crippen molar-refractivity contribution in [3.8, 4) is 0 Å². The standard InChI is InChI=1S/C22H22N2/c1-3-12-22(2)14-17-9-4-6-10-19(17)21(24-22)18-13-16-8-5-7-11-20(16)23-15-18/h4-11,13,15H,3,12,14H2,1-2H3. The summed E-state index contributed by atoms with van der Waals surface area (Å²) in [6.45, 7) is 4.51. The molecule has 1 aliphatic heterocycles. The Balaban J connectivity index is 1.90. The maximum atomic E-state index is 5.20. The molecular formula is C22H22N2. The first kappa shape index (κ1) is 15.1. The summed E-state index contributed by atoms with van der Waals surface area (Å²) >= 11 is 0. The highest BCUT2D eigenvalue weighted by Gasteiger charge is 2.30. The number of hydrogen-bond donors (Lipinski definition) is 0. The quantitative estimate of drug-likeness (QED) is 0.653. The second-order valence-electron chi connectivity index (χ2n) is 6.96. The molecule has 0 saturated heterocycles. The molecule has 0 aliphatic carbocycles. The number of rotatable bonds is 3. The molecular weight excluding hydrogens is 292 g/mol. The van der Waals surface area contributed by atoms with Crippen molar-refractivity contribution in [2.24, 2.45) is 4.99 Å². The van der Waals surface area contributed by atoms with Crippen molar-refractivity contribution in [1.82, 2.24) is 4.98 Å². The molecule has 2 heteroatoms. The zero-order valence-corrected chi connectivity index (χ0v) is 14.3. The number of benzene rings is 2. The summed E-state index contributed by atoms with van der Waals surface area (Å²) in [7, 11) is 0. The maximum Gasteiger partial charge on any atom is 0.0744 e. The van der Waals surface area contributed by atoms with E-state index in [9.17, 15) is 0 Å². The molecule has 2 nitrogen and oxygen atoms in total. The van der Waals surface area contributed by atoms with Gasteiger partial charge >= 0.3 is 0 Å². The third kappa shape index (κ3) is 2.62. The van der Waals surface area contributed by atoms with Crippen molar-refractivity contribution in [3.63, 3.8) is 0 Å². The van der Waals surface area contributed by atoms with E-state index < -0.39 is 0 Å². The lowest BCUT2D eigenvalue weighted by Crippen LogP contribution is -2.32. The number of fused-ring (bicyclic) bond motifs is 2. The maximum absolute atomic E-state index is 5.20. The van der Waals surface area contributed by atoms with Crippen LogP contribution in [0.4, 0.5) is 0 Å². The van der Waals surface area contributed by atoms with Crippen molar-refractivity contribution >= 4 is 16.6 Å². The van der Waals surface area contributed by atoms with Crippen LogP contribution in [0.2, 0.25) is 0 Å². The van der Waals surface area contributed by atoms with Crippen LogP contribution in [0, 0.1) is 0 Å². The topological polar surface area (TPSA) is 25.2 Å². The Morgan fingerprint density at radius 1 is 1.04 bits per heavy atom. The third-order valence-corrected chi connectivity index (χ3v) is 4.88. The van der Waals surface area contributed by atoms with E-state index in [2.05, 4.69) is 67.4 Å². The van der Waals surface area contributed by atoms with Gasteiger partial charge in [0.25, 0.3) is 0 Å². The molecule has 1 atom stereocenters. The summed E-state index contributed by atoms with van der Waals surface area (Å²) in [5, 5.41) is 1.16. The van der Waals surface area contributed by atoms with E-state index in [4.69, 9.17) is 4.99 Å². The predicted molar refractivity (Wildman–Crippen MR) is 101 cm³/mol. The van der Waals surface area contributed by atoms with Gasteiger partial charge < -0.3 is 0 Å². The van der Waals surface area contributed by atoms with Gasteiger partial charge in [-0.1, -0.05) is 55.8 Å². The number of pyridine rings is 1. The fourth-order valence-electron chi connectivity index (χ4n) is 3.79. The molecule has 0 N–H and O–H groups in total. The highest BCUT2D eigenvalue weighted by atomic mass is 14.9. The van der Waals surface area contributed by atoms with E-state index in [-0.39, 0.29) is 5.54 Å². The SMILES string of the molecule is CCCC1(C)Cc2ccccc2C(c2cnc3ccccc3c2)=N1. The lowest BCUT2D eigenvalue weighted by atomic mass is 9.81. The molecule has 0 fully saturated rings. The van der Waals surface area contributed by atoms with Crippen LogP contribution in [0.1, 0.15) is 43.4 Å². The smallest absolute Gasteiger partial charge is 0.0744 e. The average Bonchev–Trinajstić information content (AvgIpc) is 2.60. The molecule has 2 heterocycles. The summed E-state index contributed by atoms with van der Waals surface area (Å²) in [5.41, 5.74) is 5.86. The van der Waals surface area contributed by atoms with Gasteiger partial charge in [0.2, 0.25) is 0 Å². The van der Waals surface area contributed by atoms with E-state index in [1.807, 2.05) is 12.3 Å². The van der Waals surface area contributed by atoms with Gasteiger partial charge in [-0.05, 0) is 37.5 Å². The fraction of sp³-hybridized carbons (Fsp3) is 0.273. The van der Waals surface area contributed by atoms with Crippen LogP contribution < -0.4 is 0 Å². The van der Waals surface area contributed by atoms with Crippen molar-refractivity contribution in [1.29, 1.82) is 0 Å². The van der Waals surface area contributed by atoms with Crippen molar-refractivity contribution < 1.29 is 0 Å². The Morgan fingerprint density at radius 3 is 2.71 bits per heavy atom. The molecule has 2 aromatic carbocycles. The summed E-state index contributed by atoms with van der Waals surface area (Å²) < 4.78 is 0. The largest absolute Gasteiger partial charge is 0.277 e. The summed E-state index contributed by atoms with van der Waals surface area (Å²) in [6.07, 6.45) is 5.23. The molecule has 4 rings (SSSR count). The number of para-hydroxylation sites is 1. The fourth-order valence-corrected chi connectivity index (χ4v) is 3.79. The minimum Gasteiger partial charge on any atom is -0.277 e. The molecule has 3 aromatic rings. The van der Waals surface area contributed by atoms with Crippen molar-refractivity contribution in [3.05, 3.63) is 77.5 Å². The molecule has 1 unspecified atom stereocenters. The third-order valence-electron chi connectivity index (χ3n) is 4.88. The summed E-state index contributed by atoms with van der Waals surface area (Å²) in [5.74, 6) is 0.